The van der Waals surface area contributed by atoms with Gasteiger partial charge in [0.1, 0.15) is 0 Å². The van der Waals surface area contributed by atoms with Crippen LogP contribution in [0.25, 0.3) is 0 Å². The Balaban J connectivity index is 2.45. The van der Waals surface area contributed by atoms with E-state index in [9.17, 15) is 0 Å². The molecule has 0 saturated heterocycles. The van der Waals surface area contributed by atoms with E-state index >= 15 is 0 Å². The Kier molecular flexibility index (Phi) is 3.57. The van der Waals surface area contributed by atoms with E-state index < -0.39 is 0 Å². The maximum Gasteiger partial charge on any atom is 0.0954 e. The Hall–Kier alpha value is -0.530. The van der Waals surface area contributed by atoms with Crippen LogP contribution in [0.15, 0.2) is 0 Å². The molecule has 0 amide bonds. The van der Waals surface area contributed by atoms with Gasteiger partial charge in [-0.3, -0.25) is 5.41 Å². The largest absolute Gasteiger partial charge is 0.361 e. The van der Waals surface area contributed by atoms with Crippen LogP contribution in [0, 0.1) is 10.8 Å². The number of rotatable bonds is 2. The lowest BCUT2D eigenvalue weighted by Gasteiger charge is -2.39. The van der Waals surface area contributed by atoms with E-state index in [-0.39, 0.29) is 0 Å². The molecule has 0 aliphatic heterocycles. The predicted molar refractivity (Wildman–Crippen MR) is 61.8 cm³/mol. The minimum atomic E-state index is 0.533. The maximum absolute atomic E-state index is 7.80. The van der Waals surface area contributed by atoms with Crippen molar-refractivity contribution in [1.29, 1.82) is 5.41 Å². The second-order valence-corrected chi connectivity index (χ2v) is 5.31. The molecule has 2 nitrogen and oxygen atoms in total. The summed E-state index contributed by atoms with van der Waals surface area (Å²) in [6.07, 6.45) is 5.98. The summed E-state index contributed by atoms with van der Waals surface area (Å²) in [5, 5.41) is 7.80. The number of amidine groups is 1. The maximum atomic E-state index is 7.80. The Labute approximate surface area is 88.2 Å². The molecule has 1 aliphatic carbocycles. The van der Waals surface area contributed by atoms with Crippen molar-refractivity contribution in [2.24, 2.45) is 5.41 Å². The number of hydrogen-bond donors (Lipinski definition) is 1. The fourth-order valence-electron chi connectivity index (χ4n) is 2.24. The lowest BCUT2D eigenvalue weighted by atomic mass is 9.75. The average Bonchev–Trinajstić information content (AvgIpc) is 2.15. The monoisotopic (exact) mass is 196 g/mol. The summed E-state index contributed by atoms with van der Waals surface area (Å²) in [7, 11) is 2.08. The van der Waals surface area contributed by atoms with Crippen LogP contribution in [0.3, 0.4) is 0 Å². The van der Waals surface area contributed by atoms with Gasteiger partial charge in [0.2, 0.25) is 0 Å². The first-order chi connectivity index (χ1) is 6.46. The summed E-state index contributed by atoms with van der Waals surface area (Å²) in [5.41, 5.74) is 0.533. The molecule has 1 saturated carbocycles. The van der Waals surface area contributed by atoms with Crippen molar-refractivity contribution in [3.05, 3.63) is 0 Å². The van der Waals surface area contributed by atoms with Crippen molar-refractivity contribution >= 4 is 5.84 Å². The molecule has 1 fully saturated rings. The highest BCUT2D eigenvalue weighted by Gasteiger charge is 2.29. The van der Waals surface area contributed by atoms with Crippen LogP contribution in [-0.2, 0) is 0 Å². The minimum absolute atomic E-state index is 0.533. The van der Waals surface area contributed by atoms with Crippen LogP contribution in [0.5, 0.6) is 0 Å². The summed E-state index contributed by atoms with van der Waals surface area (Å²) >= 11 is 0. The fraction of sp³-hybridized carbons (Fsp3) is 0.917. The van der Waals surface area contributed by atoms with Crippen LogP contribution < -0.4 is 0 Å². The first-order valence-corrected chi connectivity index (χ1v) is 5.76. The van der Waals surface area contributed by atoms with E-state index in [1.165, 1.54) is 25.7 Å². The Morgan fingerprint density at radius 1 is 1.36 bits per heavy atom. The molecule has 2 heteroatoms. The van der Waals surface area contributed by atoms with Gasteiger partial charge in [-0.2, -0.15) is 0 Å². The predicted octanol–water partition coefficient (Wildman–Crippen LogP) is 3.27. The highest BCUT2D eigenvalue weighted by molar-refractivity contribution is 5.78. The molecule has 0 aromatic rings. The van der Waals surface area contributed by atoms with Crippen molar-refractivity contribution < 1.29 is 0 Å². The van der Waals surface area contributed by atoms with Gasteiger partial charge in [-0.1, -0.05) is 20.8 Å². The molecular formula is C12H24N2. The molecule has 1 aliphatic rings. The van der Waals surface area contributed by atoms with Crippen LogP contribution in [0.1, 0.15) is 52.9 Å². The summed E-state index contributed by atoms with van der Waals surface area (Å²) in [5.74, 6) is 0.787. The molecule has 1 N–H and O–H groups in total. The van der Waals surface area contributed by atoms with Gasteiger partial charge in [-0.05, 0) is 31.1 Å². The van der Waals surface area contributed by atoms with E-state index in [0.717, 1.165) is 12.3 Å². The molecular weight excluding hydrogens is 172 g/mol. The van der Waals surface area contributed by atoms with E-state index in [0.29, 0.717) is 11.5 Å². The average molecular weight is 196 g/mol. The standard InChI is InChI=1S/C12H24N2/c1-5-11(13)14(4)10-6-8-12(2,3)9-7-10/h10,13H,5-9H2,1-4H3. The van der Waals surface area contributed by atoms with E-state index in [1.807, 2.05) is 0 Å². The van der Waals surface area contributed by atoms with Gasteiger partial charge in [0, 0.05) is 19.5 Å². The van der Waals surface area contributed by atoms with Crippen LogP contribution in [0.2, 0.25) is 0 Å². The second kappa shape index (κ2) is 4.33. The molecule has 0 atom stereocenters. The highest BCUT2D eigenvalue weighted by atomic mass is 15.2. The van der Waals surface area contributed by atoms with E-state index in [4.69, 9.17) is 5.41 Å². The smallest absolute Gasteiger partial charge is 0.0954 e. The molecule has 0 heterocycles. The summed E-state index contributed by atoms with van der Waals surface area (Å²) < 4.78 is 0. The second-order valence-electron chi connectivity index (χ2n) is 5.31. The van der Waals surface area contributed by atoms with Crippen molar-refractivity contribution in [3.63, 3.8) is 0 Å². The van der Waals surface area contributed by atoms with Gasteiger partial charge in [0.05, 0.1) is 5.84 Å². The van der Waals surface area contributed by atoms with Gasteiger partial charge in [-0.25, -0.2) is 0 Å². The molecule has 0 unspecified atom stereocenters. The molecule has 0 radical (unpaired) electrons. The summed E-state index contributed by atoms with van der Waals surface area (Å²) in [6, 6.07) is 0.621. The van der Waals surface area contributed by atoms with E-state index in [1.54, 1.807) is 0 Å². The van der Waals surface area contributed by atoms with Crippen molar-refractivity contribution in [3.8, 4) is 0 Å². The summed E-state index contributed by atoms with van der Waals surface area (Å²) in [4.78, 5) is 2.18. The van der Waals surface area contributed by atoms with Crippen molar-refractivity contribution in [2.75, 3.05) is 7.05 Å². The zero-order valence-corrected chi connectivity index (χ0v) is 10.1. The topological polar surface area (TPSA) is 27.1 Å². The van der Waals surface area contributed by atoms with Gasteiger partial charge in [0.15, 0.2) is 0 Å². The first-order valence-electron chi connectivity index (χ1n) is 5.76. The molecule has 1 rings (SSSR count). The Morgan fingerprint density at radius 2 is 1.86 bits per heavy atom. The van der Waals surface area contributed by atoms with E-state index in [2.05, 4.69) is 32.7 Å². The normalized spacial score (nSPS) is 22.0. The number of nitrogens with zero attached hydrogens (tertiary/aromatic N) is 1. The van der Waals surface area contributed by atoms with Crippen LogP contribution in [0.4, 0.5) is 0 Å². The fourth-order valence-corrected chi connectivity index (χ4v) is 2.24. The first kappa shape index (κ1) is 11.5. The molecule has 0 aromatic heterocycles. The summed E-state index contributed by atoms with van der Waals surface area (Å²) in [6.45, 7) is 6.77. The molecule has 0 spiro atoms. The van der Waals surface area contributed by atoms with Gasteiger partial charge >= 0.3 is 0 Å². The van der Waals surface area contributed by atoms with Gasteiger partial charge in [0.25, 0.3) is 0 Å². The number of hydrogen-bond acceptors (Lipinski definition) is 1. The lowest BCUT2D eigenvalue weighted by Crippen LogP contribution is -2.40. The molecule has 82 valence electrons. The Morgan fingerprint density at radius 3 is 2.29 bits per heavy atom. The molecule has 14 heavy (non-hydrogen) atoms. The van der Waals surface area contributed by atoms with Crippen LogP contribution in [-0.4, -0.2) is 23.8 Å². The molecule has 0 aromatic carbocycles. The third kappa shape index (κ3) is 2.73. The van der Waals surface area contributed by atoms with Gasteiger partial charge in [-0.15, -0.1) is 0 Å². The minimum Gasteiger partial charge on any atom is -0.361 e. The van der Waals surface area contributed by atoms with Crippen molar-refractivity contribution in [1.82, 2.24) is 4.90 Å². The lowest BCUT2D eigenvalue weighted by molar-refractivity contribution is 0.167. The Bertz CT molecular complexity index is 198. The zero-order chi connectivity index (χ0) is 10.8. The number of nitrogens with one attached hydrogen (secondary N) is 1. The van der Waals surface area contributed by atoms with Crippen molar-refractivity contribution in [2.45, 2.75) is 58.9 Å². The quantitative estimate of drug-likeness (QED) is 0.532. The third-order valence-electron chi connectivity index (χ3n) is 3.62. The SMILES string of the molecule is CCC(=N)N(C)C1CCC(C)(C)CC1. The van der Waals surface area contributed by atoms with Gasteiger partial charge < -0.3 is 4.90 Å². The third-order valence-corrected chi connectivity index (χ3v) is 3.62. The van der Waals surface area contributed by atoms with Crippen LogP contribution >= 0.6 is 0 Å². The molecule has 0 bridgehead atoms. The highest BCUT2D eigenvalue weighted by Crippen LogP contribution is 2.36. The zero-order valence-electron chi connectivity index (χ0n) is 10.1.